The van der Waals surface area contributed by atoms with Gasteiger partial charge < -0.3 is 5.32 Å². The van der Waals surface area contributed by atoms with Crippen LogP contribution in [0, 0.1) is 11.8 Å². The number of aromatic nitrogens is 2. The van der Waals surface area contributed by atoms with Crippen LogP contribution < -0.4 is 5.32 Å². The van der Waals surface area contributed by atoms with Crippen LogP contribution in [-0.2, 0) is 0 Å². The second-order valence-electron chi connectivity index (χ2n) is 5.36. The van der Waals surface area contributed by atoms with Crippen molar-refractivity contribution in [3.63, 3.8) is 0 Å². The summed E-state index contributed by atoms with van der Waals surface area (Å²) in [5, 5.41) is 3.36. The zero-order valence-corrected chi connectivity index (χ0v) is 11.5. The molecule has 112 valence electrons. The normalized spacial score (nSPS) is 25.4. The predicted molar refractivity (Wildman–Crippen MR) is 70.0 cm³/mol. The van der Waals surface area contributed by atoms with E-state index in [4.69, 9.17) is 0 Å². The van der Waals surface area contributed by atoms with Gasteiger partial charge in [0.05, 0.1) is 5.92 Å². The number of rotatable bonds is 4. The summed E-state index contributed by atoms with van der Waals surface area (Å²) in [6.07, 6.45) is 2.55. The smallest absolute Gasteiger partial charge is 0.310 e. The Kier molecular flexibility index (Phi) is 4.96. The minimum atomic E-state index is -4.05. The summed E-state index contributed by atoms with van der Waals surface area (Å²) in [6, 6.07) is 0.0513. The van der Waals surface area contributed by atoms with E-state index < -0.39 is 12.1 Å². The topological polar surface area (TPSA) is 37.8 Å². The molecule has 1 unspecified atom stereocenters. The van der Waals surface area contributed by atoms with Gasteiger partial charge in [0.1, 0.15) is 6.33 Å². The molecule has 1 saturated carbocycles. The molecule has 1 aliphatic rings. The lowest BCUT2D eigenvalue weighted by atomic mass is 9.77. The molecule has 1 aromatic rings. The average molecular weight is 287 g/mol. The highest BCUT2D eigenvalue weighted by molar-refractivity contribution is 5.11. The van der Waals surface area contributed by atoms with Gasteiger partial charge in [-0.25, -0.2) is 9.97 Å². The predicted octanol–water partition coefficient (Wildman–Crippen LogP) is 3.50. The van der Waals surface area contributed by atoms with Crippen LogP contribution in [0.5, 0.6) is 0 Å². The van der Waals surface area contributed by atoms with Gasteiger partial charge in [0.25, 0.3) is 0 Å². The van der Waals surface area contributed by atoms with Crippen LogP contribution >= 0.6 is 0 Å². The summed E-state index contributed by atoms with van der Waals surface area (Å²) < 4.78 is 38.1. The monoisotopic (exact) mass is 287 g/mol. The molecular formula is C14H20F3N3. The Hall–Kier alpha value is -1.17. The molecule has 0 saturated heterocycles. The molecule has 0 bridgehead atoms. The van der Waals surface area contributed by atoms with Crippen molar-refractivity contribution in [2.45, 2.75) is 44.8 Å². The molecule has 0 amide bonds. The molecule has 3 nitrogen and oxygen atoms in total. The molecule has 0 aromatic carbocycles. The minimum Gasteiger partial charge on any atom is -0.310 e. The quantitative estimate of drug-likeness (QED) is 0.921. The maximum absolute atomic E-state index is 12.7. The fourth-order valence-corrected chi connectivity index (χ4v) is 3.03. The Balaban J connectivity index is 2.02. The zero-order valence-electron chi connectivity index (χ0n) is 11.5. The van der Waals surface area contributed by atoms with Gasteiger partial charge in [0.15, 0.2) is 0 Å². The summed E-state index contributed by atoms with van der Waals surface area (Å²) in [6.45, 7) is 2.77. The van der Waals surface area contributed by atoms with Gasteiger partial charge in [0, 0.05) is 24.0 Å². The maximum atomic E-state index is 12.7. The van der Waals surface area contributed by atoms with Crippen molar-refractivity contribution in [1.82, 2.24) is 15.3 Å². The Morgan fingerprint density at radius 2 is 1.80 bits per heavy atom. The largest absolute Gasteiger partial charge is 0.391 e. The van der Waals surface area contributed by atoms with Crippen LogP contribution in [0.15, 0.2) is 18.7 Å². The van der Waals surface area contributed by atoms with E-state index in [1.165, 1.54) is 6.33 Å². The van der Waals surface area contributed by atoms with Crippen molar-refractivity contribution < 1.29 is 13.2 Å². The van der Waals surface area contributed by atoms with E-state index in [-0.39, 0.29) is 24.8 Å². The van der Waals surface area contributed by atoms with Crippen molar-refractivity contribution in [2.24, 2.45) is 11.8 Å². The number of nitrogens with one attached hydrogen (secondary N) is 1. The number of hydrogen-bond acceptors (Lipinski definition) is 3. The van der Waals surface area contributed by atoms with Crippen LogP contribution in [0.2, 0.25) is 0 Å². The second-order valence-corrected chi connectivity index (χ2v) is 5.36. The molecule has 1 aliphatic carbocycles. The highest BCUT2D eigenvalue weighted by Gasteiger charge is 2.42. The molecule has 1 aromatic heterocycles. The van der Waals surface area contributed by atoms with E-state index >= 15 is 0 Å². The zero-order chi connectivity index (χ0) is 14.6. The molecule has 2 rings (SSSR count). The van der Waals surface area contributed by atoms with Gasteiger partial charge in [-0.1, -0.05) is 6.92 Å². The Morgan fingerprint density at radius 1 is 1.20 bits per heavy atom. The summed E-state index contributed by atoms with van der Waals surface area (Å²) in [4.78, 5) is 8.01. The Labute approximate surface area is 117 Å². The van der Waals surface area contributed by atoms with Crippen molar-refractivity contribution in [3.8, 4) is 0 Å². The van der Waals surface area contributed by atoms with Gasteiger partial charge in [0.2, 0.25) is 0 Å². The summed E-state index contributed by atoms with van der Waals surface area (Å²) >= 11 is 0. The van der Waals surface area contributed by atoms with E-state index in [1.54, 1.807) is 12.4 Å². The van der Waals surface area contributed by atoms with E-state index in [2.05, 4.69) is 15.3 Å². The Bertz CT molecular complexity index is 400. The van der Waals surface area contributed by atoms with Gasteiger partial charge in [-0.3, -0.25) is 0 Å². The third kappa shape index (κ3) is 3.69. The highest BCUT2D eigenvalue weighted by Crippen LogP contribution is 2.42. The van der Waals surface area contributed by atoms with Gasteiger partial charge in [-0.2, -0.15) is 13.2 Å². The summed E-state index contributed by atoms with van der Waals surface area (Å²) in [5.41, 5.74) is 0.963. The number of halogens is 3. The minimum absolute atomic E-state index is 0.0513. The first-order chi connectivity index (χ1) is 9.52. The third-order valence-corrected chi connectivity index (χ3v) is 4.07. The molecule has 1 heterocycles. The summed E-state index contributed by atoms with van der Waals surface area (Å²) in [5.74, 6) is -0.910. The Morgan fingerprint density at radius 3 is 2.30 bits per heavy atom. The molecular weight excluding hydrogens is 267 g/mol. The van der Waals surface area contributed by atoms with E-state index in [1.807, 2.05) is 6.92 Å². The summed E-state index contributed by atoms with van der Waals surface area (Å²) in [7, 11) is 0. The molecule has 0 aliphatic heterocycles. The molecule has 0 spiro atoms. The molecule has 6 heteroatoms. The fourth-order valence-electron chi connectivity index (χ4n) is 3.03. The standard InChI is InChI=1S/C14H20F3N3/c1-2-20-13(11-7-18-9-19-8-11)10-3-5-12(6-4-10)14(15,16)17/h7-10,12-13,20H,2-6H2,1H3. The molecule has 20 heavy (non-hydrogen) atoms. The molecule has 1 N–H and O–H groups in total. The van der Waals surface area contributed by atoms with Crippen molar-refractivity contribution in [2.75, 3.05) is 6.54 Å². The molecule has 1 fully saturated rings. The third-order valence-electron chi connectivity index (χ3n) is 4.07. The molecule has 1 atom stereocenters. The van der Waals surface area contributed by atoms with Gasteiger partial charge >= 0.3 is 6.18 Å². The van der Waals surface area contributed by atoms with Crippen molar-refractivity contribution in [1.29, 1.82) is 0 Å². The lowest BCUT2D eigenvalue weighted by molar-refractivity contribution is -0.184. The van der Waals surface area contributed by atoms with Gasteiger partial charge in [-0.15, -0.1) is 0 Å². The first-order valence-corrected chi connectivity index (χ1v) is 7.07. The fraction of sp³-hybridized carbons (Fsp3) is 0.714. The number of nitrogens with zero attached hydrogens (tertiary/aromatic N) is 2. The van der Waals surface area contributed by atoms with Crippen LogP contribution in [0.1, 0.15) is 44.2 Å². The molecule has 0 radical (unpaired) electrons. The van der Waals surface area contributed by atoms with Crippen LogP contribution in [0.4, 0.5) is 13.2 Å². The number of hydrogen-bond donors (Lipinski definition) is 1. The van der Waals surface area contributed by atoms with E-state index in [0.717, 1.165) is 12.1 Å². The average Bonchev–Trinajstić information content (AvgIpc) is 2.45. The van der Waals surface area contributed by atoms with Crippen LogP contribution in [0.3, 0.4) is 0 Å². The lowest BCUT2D eigenvalue weighted by Gasteiger charge is -2.35. The maximum Gasteiger partial charge on any atom is 0.391 e. The van der Waals surface area contributed by atoms with Gasteiger partial charge in [-0.05, 0) is 38.1 Å². The SMILES string of the molecule is CCNC(c1cncnc1)C1CCC(C(F)(F)F)CC1. The first kappa shape index (κ1) is 15.2. The number of alkyl halides is 3. The van der Waals surface area contributed by atoms with Crippen molar-refractivity contribution >= 4 is 0 Å². The second kappa shape index (κ2) is 6.52. The van der Waals surface area contributed by atoms with Crippen molar-refractivity contribution in [3.05, 3.63) is 24.3 Å². The van der Waals surface area contributed by atoms with E-state index in [0.29, 0.717) is 12.8 Å². The van der Waals surface area contributed by atoms with Crippen LogP contribution in [0.25, 0.3) is 0 Å². The lowest BCUT2D eigenvalue weighted by Crippen LogP contribution is -2.34. The van der Waals surface area contributed by atoms with E-state index in [9.17, 15) is 13.2 Å². The van der Waals surface area contributed by atoms with Crippen LogP contribution in [-0.4, -0.2) is 22.7 Å². The first-order valence-electron chi connectivity index (χ1n) is 7.07. The highest BCUT2D eigenvalue weighted by atomic mass is 19.4.